The zero-order chi connectivity index (χ0) is 23.9. The number of hydrogen-bond donors (Lipinski definition) is 1. The Labute approximate surface area is 198 Å². The van der Waals surface area contributed by atoms with Gasteiger partial charge in [-0.1, -0.05) is 81.7 Å². The first-order valence-corrected chi connectivity index (χ1v) is 11.2. The highest BCUT2D eigenvalue weighted by atomic mass is 35.5. The second kappa shape index (κ2) is 8.64. The molecular weight excluding hydrogens is 439 g/mol. The monoisotopic (exact) mass is 464 g/mol. The molecule has 0 fully saturated rings. The van der Waals surface area contributed by atoms with Crippen molar-refractivity contribution in [1.82, 2.24) is 10.1 Å². The van der Waals surface area contributed by atoms with Crippen LogP contribution in [-0.4, -0.2) is 15.2 Å². The molecule has 0 radical (unpaired) electrons. The fourth-order valence-corrected chi connectivity index (χ4v) is 4.07. The zero-order valence-electron chi connectivity index (χ0n) is 19.3. The number of benzene rings is 3. The summed E-state index contributed by atoms with van der Waals surface area (Å²) in [5, 5.41) is 15.6. The summed E-state index contributed by atoms with van der Waals surface area (Å²) >= 11 is 6.17. The average molecular weight is 465 g/mol. The number of halogens is 2. The van der Waals surface area contributed by atoms with E-state index in [-0.39, 0.29) is 39.4 Å². The molecule has 6 heteroatoms. The molecule has 0 bridgehead atoms. The Balaban J connectivity index is 1.94. The van der Waals surface area contributed by atoms with Crippen molar-refractivity contribution < 1.29 is 14.0 Å². The highest BCUT2D eigenvalue weighted by Crippen LogP contribution is 2.43. The van der Waals surface area contributed by atoms with Crippen LogP contribution in [0.4, 0.5) is 4.39 Å². The van der Waals surface area contributed by atoms with Crippen LogP contribution in [0.5, 0.6) is 5.75 Å². The first-order valence-electron chi connectivity index (χ1n) is 10.8. The van der Waals surface area contributed by atoms with Crippen molar-refractivity contribution in [3.05, 3.63) is 76.6 Å². The van der Waals surface area contributed by atoms with E-state index in [1.54, 1.807) is 6.07 Å². The predicted octanol–water partition coefficient (Wildman–Crippen LogP) is 7.99. The Morgan fingerprint density at radius 3 is 2.33 bits per heavy atom. The Morgan fingerprint density at radius 1 is 0.970 bits per heavy atom. The molecule has 0 amide bonds. The summed E-state index contributed by atoms with van der Waals surface area (Å²) < 4.78 is 19.7. The van der Waals surface area contributed by atoms with Gasteiger partial charge < -0.3 is 9.63 Å². The number of phenols is 1. The Kier molecular flexibility index (Phi) is 6.02. The van der Waals surface area contributed by atoms with Crippen LogP contribution < -0.4 is 0 Å². The van der Waals surface area contributed by atoms with E-state index >= 15 is 0 Å². The van der Waals surface area contributed by atoms with E-state index in [0.717, 1.165) is 16.7 Å². The van der Waals surface area contributed by atoms with Crippen LogP contribution in [0.15, 0.2) is 59.1 Å². The number of hydrogen-bond acceptors (Lipinski definition) is 4. The summed E-state index contributed by atoms with van der Waals surface area (Å²) in [5.41, 5.74) is 4.00. The summed E-state index contributed by atoms with van der Waals surface area (Å²) in [6, 6.07) is 16.2. The van der Waals surface area contributed by atoms with E-state index in [1.807, 2.05) is 30.3 Å². The average Bonchev–Trinajstić information content (AvgIpc) is 3.22. The topological polar surface area (TPSA) is 59.2 Å². The maximum atomic E-state index is 14.4. The van der Waals surface area contributed by atoms with Crippen LogP contribution >= 0.6 is 11.6 Å². The molecule has 4 aromatic rings. The summed E-state index contributed by atoms with van der Waals surface area (Å²) in [5.74, 6) is -0.128. The van der Waals surface area contributed by atoms with E-state index in [9.17, 15) is 9.50 Å². The van der Waals surface area contributed by atoms with Gasteiger partial charge in [0.15, 0.2) is 0 Å². The van der Waals surface area contributed by atoms with Crippen molar-refractivity contribution in [3.8, 4) is 39.7 Å². The number of rotatable bonds is 4. The number of phenolic OH excluding ortho intramolecular Hbond substituents is 1. The van der Waals surface area contributed by atoms with E-state index in [1.165, 1.54) is 12.1 Å². The van der Waals surface area contributed by atoms with E-state index in [2.05, 4.69) is 50.8 Å². The Bertz CT molecular complexity index is 1300. The Morgan fingerprint density at radius 2 is 1.67 bits per heavy atom. The summed E-state index contributed by atoms with van der Waals surface area (Å²) in [4.78, 5) is 4.39. The van der Waals surface area contributed by atoms with E-state index in [4.69, 9.17) is 16.1 Å². The van der Waals surface area contributed by atoms with Gasteiger partial charge in [0.05, 0.1) is 16.1 Å². The van der Waals surface area contributed by atoms with Crippen molar-refractivity contribution in [3.63, 3.8) is 0 Å². The van der Waals surface area contributed by atoms with Gasteiger partial charge in [0.25, 0.3) is 5.89 Å². The summed E-state index contributed by atoms with van der Waals surface area (Å²) in [7, 11) is 0. The van der Waals surface area contributed by atoms with Gasteiger partial charge in [0.2, 0.25) is 5.82 Å². The standard InChI is InChI=1S/C27H26ClFN2O2/c1-15(2)17-9-6-7-10-18(17)19-13-16(27(3,4)5)14-20(24(19)32)25-30-26(33-31-25)23-21(28)11-8-12-22(23)29/h6-15,32H,1-5H3. The molecule has 4 rings (SSSR count). The van der Waals surface area contributed by atoms with Crippen molar-refractivity contribution in [1.29, 1.82) is 0 Å². The highest BCUT2D eigenvalue weighted by Gasteiger charge is 2.25. The third-order valence-electron chi connectivity index (χ3n) is 5.69. The summed E-state index contributed by atoms with van der Waals surface area (Å²) in [6.07, 6.45) is 0. The number of aromatic hydroxyl groups is 1. The largest absolute Gasteiger partial charge is 0.507 e. The maximum Gasteiger partial charge on any atom is 0.262 e. The maximum absolute atomic E-state index is 14.4. The first-order chi connectivity index (χ1) is 15.6. The molecule has 1 aromatic heterocycles. The van der Waals surface area contributed by atoms with Crippen molar-refractivity contribution in [2.24, 2.45) is 0 Å². The smallest absolute Gasteiger partial charge is 0.262 e. The first kappa shape index (κ1) is 23.0. The summed E-state index contributed by atoms with van der Waals surface area (Å²) in [6.45, 7) is 10.5. The lowest BCUT2D eigenvalue weighted by Gasteiger charge is -2.23. The normalized spacial score (nSPS) is 11.9. The van der Waals surface area contributed by atoms with Crippen LogP contribution in [0.25, 0.3) is 34.0 Å². The molecule has 1 N–H and O–H groups in total. The van der Waals surface area contributed by atoms with Crippen LogP contribution in [-0.2, 0) is 5.41 Å². The molecule has 0 unspecified atom stereocenters. The van der Waals surface area contributed by atoms with Crippen LogP contribution in [0.2, 0.25) is 5.02 Å². The predicted molar refractivity (Wildman–Crippen MR) is 130 cm³/mol. The highest BCUT2D eigenvalue weighted by molar-refractivity contribution is 6.33. The molecule has 3 aromatic carbocycles. The van der Waals surface area contributed by atoms with E-state index in [0.29, 0.717) is 11.1 Å². The van der Waals surface area contributed by atoms with Gasteiger partial charge in [-0.15, -0.1) is 0 Å². The molecule has 0 aliphatic heterocycles. The quantitative estimate of drug-likeness (QED) is 0.332. The molecule has 0 atom stereocenters. The lowest BCUT2D eigenvalue weighted by molar-refractivity contribution is 0.428. The van der Waals surface area contributed by atoms with Gasteiger partial charge in [0.1, 0.15) is 11.6 Å². The number of nitrogens with zero attached hydrogens (tertiary/aromatic N) is 2. The van der Waals surface area contributed by atoms with Crippen molar-refractivity contribution >= 4 is 11.6 Å². The molecule has 0 spiro atoms. The molecule has 170 valence electrons. The molecule has 0 saturated heterocycles. The third kappa shape index (κ3) is 4.38. The SMILES string of the molecule is CC(C)c1ccccc1-c1cc(C(C)(C)C)cc(-c2noc(-c3c(F)cccc3Cl)n2)c1O. The lowest BCUT2D eigenvalue weighted by atomic mass is 9.82. The minimum Gasteiger partial charge on any atom is -0.507 e. The van der Waals surface area contributed by atoms with Gasteiger partial charge in [-0.25, -0.2) is 4.39 Å². The van der Waals surface area contributed by atoms with Crippen LogP contribution in [0.3, 0.4) is 0 Å². The van der Waals surface area contributed by atoms with Gasteiger partial charge in [0, 0.05) is 5.56 Å². The molecule has 0 aliphatic carbocycles. The van der Waals surface area contributed by atoms with Crippen molar-refractivity contribution in [2.75, 3.05) is 0 Å². The molecule has 4 nitrogen and oxygen atoms in total. The molecule has 33 heavy (non-hydrogen) atoms. The molecule has 1 heterocycles. The fraction of sp³-hybridized carbons (Fsp3) is 0.259. The van der Waals surface area contributed by atoms with Gasteiger partial charge in [-0.3, -0.25) is 0 Å². The number of aromatic nitrogens is 2. The minimum atomic E-state index is -0.558. The second-order valence-corrected chi connectivity index (χ2v) is 9.84. The fourth-order valence-electron chi connectivity index (χ4n) is 3.83. The molecule has 0 aliphatic rings. The van der Waals surface area contributed by atoms with Gasteiger partial charge in [-0.2, -0.15) is 4.98 Å². The van der Waals surface area contributed by atoms with E-state index < -0.39 is 5.82 Å². The lowest BCUT2D eigenvalue weighted by Crippen LogP contribution is -2.11. The van der Waals surface area contributed by atoms with Crippen LogP contribution in [0.1, 0.15) is 51.7 Å². The third-order valence-corrected chi connectivity index (χ3v) is 6.01. The second-order valence-electron chi connectivity index (χ2n) is 9.43. The molecular formula is C27H26ClFN2O2. The Hall–Kier alpha value is -3.18. The van der Waals surface area contributed by atoms with Gasteiger partial charge in [-0.05, 0) is 52.3 Å². The van der Waals surface area contributed by atoms with Crippen LogP contribution in [0, 0.1) is 5.82 Å². The molecule has 0 saturated carbocycles. The van der Waals surface area contributed by atoms with Gasteiger partial charge >= 0.3 is 0 Å². The van der Waals surface area contributed by atoms with Crippen molar-refractivity contribution in [2.45, 2.75) is 46.0 Å². The zero-order valence-corrected chi connectivity index (χ0v) is 20.0. The minimum absolute atomic E-state index is 0.0368.